The summed E-state index contributed by atoms with van der Waals surface area (Å²) < 4.78 is 27.7. The highest BCUT2D eigenvalue weighted by Crippen LogP contribution is 2.41. The molecule has 1 aliphatic heterocycles. The number of hydrogen-bond donors (Lipinski definition) is 1. The number of nitrogens with two attached hydrogens (primary N) is 1. The molecule has 0 radical (unpaired) electrons. The lowest BCUT2D eigenvalue weighted by Crippen LogP contribution is -2.37. The average molecular weight is 345 g/mol. The number of rotatable bonds is 3. The lowest BCUT2D eigenvalue weighted by molar-refractivity contribution is 0.333. The van der Waals surface area contributed by atoms with Crippen molar-refractivity contribution in [2.45, 2.75) is 36.7 Å². The van der Waals surface area contributed by atoms with E-state index in [-0.39, 0.29) is 6.04 Å². The molecule has 0 aromatic heterocycles. The maximum atomic E-state index is 12.7. The van der Waals surface area contributed by atoms with Crippen LogP contribution in [-0.2, 0) is 16.6 Å². The molecule has 2 atom stereocenters. The molecular weight excluding hydrogens is 328 g/mol. The van der Waals surface area contributed by atoms with Gasteiger partial charge >= 0.3 is 0 Å². The Hall–Kier alpha value is -0.430. The van der Waals surface area contributed by atoms with Gasteiger partial charge in [0, 0.05) is 23.6 Å². The first kappa shape index (κ1) is 13.5. The largest absolute Gasteiger partial charge is 0.326 e. The van der Waals surface area contributed by atoms with Gasteiger partial charge in [0.1, 0.15) is 0 Å². The number of nitrogens with zero attached hydrogens (tertiary/aromatic N) is 1. The van der Waals surface area contributed by atoms with Gasteiger partial charge in [-0.05, 0) is 58.8 Å². The average Bonchev–Trinajstić information content (AvgIpc) is 3.00. The van der Waals surface area contributed by atoms with Crippen molar-refractivity contribution in [2.24, 2.45) is 11.7 Å². The van der Waals surface area contributed by atoms with E-state index in [1.54, 1.807) is 22.5 Å². The second kappa shape index (κ2) is 4.84. The summed E-state index contributed by atoms with van der Waals surface area (Å²) in [4.78, 5) is 0.359. The van der Waals surface area contributed by atoms with E-state index >= 15 is 0 Å². The number of benzene rings is 1. The molecule has 1 aromatic carbocycles. The van der Waals surface area contributed by atoms with E-state index in [2.05, 4.69) is 15.9 Å². The predicted molar refractivity (Wildman–Crippen MR) is 77.1 cm³/mol. The van der Waals surface area contributed by atoms with Crippen molar-refractivity contribution in [1.29, 1.82) is 0 Å². The highest BCUT2D eigenvalue weighted by Gasteiger charge is 2.44. The Kier molecular flexibility index (Phi) is 3.45. The molecule has 2 unspecified atom stereocenters. The Morgan fingerprint density at radius 2 is 2.16 bits per heavy atom. The van der Waals surface area contributed by atoms with Gasteiger partial charge in [-0.25, -0.2) is 8.42 Å². The van der Waals surface area contributed by atoms with Crippen LogP contribution < -0.4 is 5.73 Å². The molecule has 0 spiro atoms. The number of piperidine rings is 1. The Balaban J connectivity index is 1.96. The van der Waals surface area contributed by atoms with Crippen LogP contribution in [0.3, 0.4) is 0 Å². The zero-order valence-electron chi connectivity index (χ0n) is 10.5. The van der Waals surface area contributed by atoms with Gasteiger partial charge in [-0.1, -0.05) is 6.07 Å². The summed E-state index contributed by atoms with van der Waals surface area (Å²) in [6.45, 7) is 1.09. The number of fused-ring (bicyclic) bond motifs is 2. The van der Waals surface area contributed by atoms with Gasteiger partial charge < -0.3 is 5.73 Å². The maximum Gasteiger partial charge on any atom is 0.244 e. The smallest absolute Gasteiger partial charge is 0.244 e. The molecule has 1 aromatic rings. The molecule has 104 valence electrons. The van der Waals surface area contributed by atoms with Crippen LogP contribution >= 0.6 is 15.9 Å². The van der Waals surface area contributed by atoms with Gasteiger partial charge in [0.25, 0.3) is 0 Å². The monoisotopic (exact) mass is 344 g/mol. The normalized spacial score (nSPS) is 27.1. The topological polar surface area (TPSA) is 63.4 Å². The van der Waals surface area contributed by atoms with Crippen molar-refractivity contribution in [3.8, 4) is 0 Å². The van der Waals surface area contributed by atoms with E-state index in [9.17, 15) is 8.42 Å². The zero-order valence-corrected chi connectivity index (χ0v) is 13.0. The van der Waals surface area contributed by atoms with Crippen LogP contribution in [0.4, 0.5) is 0 Å². The quantitative estimate of drug-likeness (QED) is 0.912. The van der Waals surface area contributed by atoms with Crippen molar-refractivity contribution in [1.82, 2.24) is 4.31 Å². The fraction of sp³-hybridized carbons (Fsp3) is 0.538. The minimum Gasteiger partial charge on any atom is -0.326 e. The summed E-state index contributed by atoms with van der Waals surface area (Å²) in [6, 6.07) is 5.44. The summed E-state index contributed by atoms with van der Waals surface area (Å²) in [6.07, 6.45) is 3.20. The zero-order chi connectivity index (χ0) is 13.6. The molecule has 6 heteroatoms. The highest BCUT2D eigenvalue weighted by atomic mass is 79.9. The third-order valence-electron chi connectivity index (χ3n) is 4.18. The number of hydrogen-bond acceptors (Lipinski definition) is 3. The molecule has 1 saturated heterocycles. The molecule has 1 saturated carbocycles. The van der Waals surface area contributed by atoms with Crippen molar-refractivity contribution in [3.63, 3.8) is 0 Å². The molecule has 19 heavy (non-hydrogen) atoms. The molecular formula is C13H17BrN2O2S. The molecule has 2 aliphatic rings. The Bertz CT molecular complexity index is 603. The van der Waals surface area contributed by atoms with Crippen molar-refractivity contribution >= 4 is 26.0 Å². The first-order valence-corrected chi connectivity index (χ1v) is 8.76. The van der Waals surface area contributed by atoms with E-state index in [4.69, 9.17) is 5.73 Å². The van der Waals surface area contributed by atoms with E-state index in [0.717, 1.165) is 18.4 Å². The Morgan fingerprint density at radius 3 is 2.68 bits per heavy atom. The lowest BCUT2D eigenvalue weighted by atomic mass is 10.1. The van der Waals surface area contributed by atoms with Crippen LogP contribution in [0.5, 0.6) is 0 Å². The molecule has 1 heterocycles. The second-order valence-corrected chi connectivity index (χ2v) is 8.09. The second-order valence-electron chi connectivity index (χ2n) is 5.38. The maximum absolute atomic E-state index is 12.7. The molecule has 2 fully saturated rings. The molecule has 2 bridgehead atoms. The van der Waals surface area contributed by atoms with Crippen LogP contribution in [0.2, 0.25) is 0 Å². The third kappa shape index (κ3) is 2.24. The third-order valence-corrected chi connectivity index (χ3v) is 7.07. The SMILES string of the molecule is NCc1ccc(S(=O)(=O)N2CC3CCC2C3)c(Br)c1. The lowest BCUT2D eigenvalue weighted by Gasteiger charge is -2.26. The van der Waals surface area contributed by atoms with Crippen molar-refractivity contribution in [3.05, 3.63) is 28.2 Å². The summed E-state index contributed by atoms with van der Waals surface area (Å²) in [5, 5.41) is 0. The molecule has 0 amide bonds. The van der Waals surface area contributed by atoms with Crippen LogP contribution in [-0.4, -0.2) is 25.3 Å². The molecule has 3 rings (SSSR count). The standard InChI is InChI=1S/C13H17BrN2O2S/c14-12-6-9(7-15)2-4-13(12)19(17,18)16-8-10-1-3-11(16)5-10/h2,4,6,10-11H,1,3,5,7-8,15H2. The van der Waals surface area contributed by atoms with Crippen LogP contribution in [0.25, 0.3) is 0 Å². The summed E-state index contributed by atoms with van der Waals surface area (Å²) in [5.41, 5.74) is 6.49. The summed E-state index contributed by atoms with van der Waals surface area (Å²) >= 11 is 3.36. The number of halogens is 1. The van der Waals surface area contributed by atoms with Crippen LogP contribution in [0.1, 0.15) is 24.8 Å². The van der Waals surface area contributed by atoms with Gasteiger partial charge in [-0.2, -0.15) is 4.31 Å². The Labute approximate surface area is 122 Å². The minimum atomic E-state index is -3.38. The van der Waals surface area contributed by atoms with Crippen molar-refractivity contribution < 1.29 is 8.42 Å². The van der Waals surface area contributed by atoms with Gasteiger partial charge in [-0.15, -0.1) is 0 Å². The Morgan fingerprint density at radius 1 is 1.37 bits per heavy atom. The van der Waals surface area contributed by atoms with E-state index in [1.807, 2.05) is 0 Å². The van der Waals surface area contributed by atoms with Gasteiger partial charge in [0.2, 0.25) is 10.0 Å². The van der Waals surface area contributed by atoms with Crippen LogP contribution in [0.15, 0.2) is 27.6 Å². The molecule has 1 aliphatic carbocycles. The molecule has 4 nitrogen and oxygen atoms in total. The van der Waals surface area contributed by atoms with Crippen molar-refractivity contribution in [2.75, 3.05) is 6.54 Å². The molecule has 2 N–H and O–H groups in total. The van der Waals surface area contributed by atoms with Crippen LogP contribution in [0, 0.1) is 5.92 Å². The summed E-state index contributed by atoms with van der Waals surface area (Å²) in [5.74, 6) is 0.557. The van der Waals surface area contributed by atoms with E-state index < -0.39 is 10.0 Å². The minimum absolute atomic E-state index is 0.205. The van der Waals surface area contributed by atoms with E-state index in [0.29, 0.717) is 28.4 Å². The predicted octanol–water partition coefficient (Wildman–Crippen LogP) is 2.08. The first-order valence-electron chi connectivity index (χ1n) is 6.52. The van der Waals surface area contributed by atoms with E-state index in [1.165, 1.54) is 6.42 Å². The summed E-state index contributed by atoms with van der Waals surface area (Å²) in [7, 11) is -3.38. The van der Waals surface area contributed by atoms with Gasteiger partial charge in [-0.3, -0.25) is 0 Å². The van der Waals surface area contributed by atoms with Gasteiger partial charge in [0.05, 0.1) is 4.90 Å². The fourth-order valence-electron chi connectivity index (χ4n) is 3.18. The fourth-order valence-corrected chi connectivity index (χ4v) is 6.01. The van der Waals surface area contributed by atoms with Gasteiger partial charge in [0.15, 0.2) is 0 Å². The highest BCUT2D eigenvalue weighted by molar-refractivity contribution is 9.10. The number of sulfonamides is 1. The first-order chi connectivity index (χ1) is 9.02.